The topological polar surface area (TPSA) is 77.3 Å². The first-order valence-electron chi connectivity index (χ1n) is 10.5. The van der Waals surface area contributed by atoms with E-state index in [-0.39, 0.29) is 18.6 Å². The van der Waals surface area contributed by atoms with Crippen molar-refractivity contribution in [1.82, 2.24) is 19.9 Å². The van der Waals surface area contributed by atoms with Gasteiger partial charge in [0, 0.05) is 12.6 Å². The van der Waals surface area contributed by atoms with Crippen molar-refractivity contribution < 1.29 is 14.3 Å². The maximum atomic E-state index is 12.5. The van der Waals surface area contributed by atoms with Gasteiger partial charge >= 0.3 is 5.97 Å². The zero-order valence-corrected chi connectivity index (χ0v) is 17.2. The lowest BCUT2D eigenvalue weighted by atomic mass is 10.00. The molecular formula is C23H26N4O3. The molecule has 0 bridgehead atoms. The molecule has 2 aromatic carbocycles. The highest BCUT2D eigenvalue weighted by molar-refractivity contribution is 5.91. The van der Waals surface area contributed by atoms with Crippen LogP contribution in [0.25, 0.3) is 11.0 Å². The molecule has 156 valence electrons. The number of nitrogens with zero attached hydrogens (tertiary/aromatic N) is 4. The van der Waals surface area contributed by atoms with Crippen LogP contribution in [0.15, 0.2) is 48.5 Å². The normalized spacial score (nSPS) is 16.6. The second kappa shape index (κ2) is 9.07. The van der Waals surface area contributed by atoms with Crippen LogP contribution in [0.2, 0.25) is 0 Å². The van der Waals surface area contributed by atoms with Crippen LogP contribution in [0.4, 0.5) is 0 Å². The number of carbonyl (C=O) groups excluding carboxylic acids is 2. The molecule has 1 fully saturated rings. The van der Waals surface area contributed by atoms with Crippen LogP contribution in [0, 0.1) is 0 Å². The third kappa shape index (κ3) is 4.35. The molecule has 3 aromatic rings. The average Bonchev–Trinajstić information content (AvgIpc) is 3.20. The molecule has 0 unspecified atom stereocenters. The van der Waals surface area contributed by atoms with Gasteiger partial charge in [-0.05, 0) is 55.5 Å². The standard InChI is InChI=1S/C23H26N4O3/c1-2-19-7-5-6-14-26(19)22(28)16-30-23(29)18-12-10-17(11-13-18)15-27-21-9-4-3-8-20(21)24-25-27/h3-4,8-13,19H,2,5-7,14-16H2,1H3/t19-/m1/s1. The first-order valence-corrected chi connectivity index (χ1v) is 10.5. The van der Waals surface area contributed by atoms with Gasteiger partial charge in [-0.25, -0.2) is 9.48 Å². The minimum absolute atomic E-state index is 0.107. The number of fused-ring (bicyclic) bond motifs is 1. The molecule has 1 aromatic heterocycles. The number of carbonyl (C=O) groups is 2. The lowest BCUT2D eigenvalue weighted by molar-refractivity contribution is -0.138. The SMILES string of the molecule is CC[C@@H]1CCCCN1C(=O)COC(=O)c1ccc(Cn2nnc3ccccc32)cc1. The van der Waals surface area contributed by atoms with Crippen molar-refractivity contribution in [1.29, 1.82) is 0 Å². The maximum absolute atomic E-state index is 12.5. The number of esters is 1. The number of piperidine rings is 1. The van der Waals surface area contributed by atoms with Crippen LogP contribution in [0.1, 0.15) is 48.5 Å². The first kappa shape index (κ1) is 20.1. The number of aromatic nitrogens is 3. The number of benzene rings is 2. The van der Waals surface area contributed by atoms with Crippen molar-refractivity contribution in [3.05, 3.63) is 59.7 Å². The number of likely N-dealkylation sites (tertiary alicyclic amines) is 1. The van der Waals surface area contributed by atoms with Gasteiger partial charge in [0.25, 0.3) is 5.91 Å². The quantitative estimate of drug-likeness (QED) is 0.586. The Kier molecular flexibility index (Phi) is 6.07. The molecule has 7 heteroatoms. The van der Waals surface area contributed by atoms with E-state index >= 15 is 0 Å². The van der Waals surface area contributed by atoms with E-state index < -0.39 is 5.97 Å². The lowest BCUT2D eigenvalue weighted by Crippen LogP contribution is -2.45. The summed E-state index contributed by atoms with van der Waals surface area (Å²) in [5, 5.41) is 8.34. The molecule has 1 saturated heterocycles. The average molecular weight is 406 g/mol. The summed E-state index contributed by atoms with van der Waals surface area (Å²) in [6, 6.07) is 15.2. The number of hydrogen-bond acceptors (Lipinski definition) is 5. The van der Waals surface area contributed by atoms with E-state index in [0.29, 0.717) is 12.1 Å². The smallest absolute Gasteiger partial charge is 0.338 e. The summed E-state index contributed by atoms with van der Waals surface area (Å²) in [4.78, 5) is 26.7. The summed E-state index contributed by atoms with van der Waals surface area (Å²) < 4.78 is 7.11. The zero-order chi connectivity index (χ0) is 20.9. The molecule has 30 heavy (non-hydrogen) atoms. The molecule has 1 amide bonds. The third-order valence-corrected chi connectivity index (χ3v) is 5.69. The largest absolute Gasteiger partial charge is 0.452 e. The highest BCUT2D eigenvalue weighted by Gasteiger charge is 2.26. The molecule has 0 spiro atoms. The fourth-order valence-corrected chi connectivity index (χ4v) is 4.00. The molecule has 0 aliphatic carbocycles. The van der Waals surface area contributed by atoms with Crippen molar-refractivity contribution in [3.63, 3.8) is 0 Å². The van der Waals surface area contributed by atoms with Gasteiger partial charge in [0.1, 0.15) is 5.52 Å². The van der Waals surface area contributed by atoms with Gasteiger partial charge in [-0.3, -0.25) is 4.79 Å². The number of amides is 1. The summed E-state index contributed by atoms with van der Waals surface area (Å²) in [7, 11) is 0. The van der Waals surface area contributed by atoms with E-state index in [9.17, 15) is 9.59 Å². The predicted octanol–water partition coefficient (Wildman–Crippen LogP) is 3.43. The lowest BCUT2D eigenvalue weighted by Gasteiger charge is -2.35. The second-order valence-corrected chi connectivity index (χ2v) is 7.65. The van der Waals surface area contributed by atoms with Gasteiger partial charge in [0.2, 0.25) is 0 Å². The molecule has 4 rings (SSSR count). The van der Waals surface area contributed by atoms with Crippen LogP contribution < -0.4 is 0 Å². The molecule has 0 N–H and O–H groups in total. The number of para-hydroxylation sites is 1. The fourth-order valence-electron chi connectivity index (χ4n) is 4.00. The van der Waals surface area contributed by atoms with Gasteiger partial charge in [0.15, 0.2) is 6.61 Å². The van der Waals surface area contributed by atoms with Crippen LogP contribution in [0.3, 0.4) is 0 Å². The Bertz CT molecular complexity index is 1030. The van der Waals surface area contributed by atoms with Crippen LogP contribution in [0.5, 0.6) is 0 Å². The molecule has 0 radical (unpaired) electrons. The van der Waals surface area contributed by atoms with Crippen molar-refractivity contribution in [2.45, 2.75) is 45.2 Å². The summed E-state index contributed by atoms with van der Waals surface area (Å²) >= 11 is 0. The van der Waals surface area contributed by atoms with Crippen molar-refractivity contribution in [2.75, 3.05) is 13.2 Å². The van der Waals surface area contributed by atoms with Gasteiger partial charge < -0.3 is 9.64 Å². The summed E-state index contributed by atoms with van der Waals surface area (Å²) in [6.07, 6.45) is 4.12. The summed E-state index contributed by atoms with van der Waals surface area (Å²) in [5.74, 6) is -0.587. The molecule has 7 nitrogen and oxygen atoms in total. The molecule has 1 aliphatic rings. The Labute approximate surface area is 175 Å². The minimum atomic E-state index is -0.480. The minimum Gasteiger partial charge on any atom is -0.452 e. The van der Waals surface area contributed by atoms with E-state index in [1.807, 2.05) is 46.0 Å². The Balaban J connectivity index is 1.34. The van der Waals surface area contributed by atoms with Crippen molar-refractivity contribution >= 4 is 22.9 Å². The van der Waals surface area contributed by atoms with Crippen molar-refractivity contribution in [2.24, 2.45) is 0 Å². The predicted molar refractivity (Wildman–Crippen MR) is 113 cm³/mol. The van der Waals surface area contributed by atoms with Crippen LogP contribution >= 0.6 is 0 Å². The number of rotatable bonds is 6. The van der Waals surface area contributed by atoms with E-state index in [2.05, 4.69) is 17.2 Å². The van der Waals surface area contributed by atoms with Gasteiger partial charge in [-0.15, -0.1) is 5.10 Å². The monoisotopic (exact) mass is 406 g/mol. The second-order valence-electron chi connectivity index (χ2n) is 7.65. The van der Waals surface area contributed by atoms with E-state index in [4.69, 9.17) is 4.74 Å². The van der Waals surface area contributed by atoms with Crippen molar-refractivity contribution in [3.8, 4) is 0 Å². The summed E-state index contributed by atoms with van der Waals surface area (Å²) in [6.45, 7) is 3.19. The van der Waals surface area contributed by atoms with Gasteiger partial charge in [-0.1, -0.05) is 36.4 Å². The van der Waals surface area contributed by atoms with E-state index in [0.717, 1.165) is 48.8 Å². The molecule has 2 heterocycles. The Morgan fingerprint density at radius 1 is 1.10 bits per heavy atom. The fraction of sp³-hybridized carbons (Fsp3) is 0.391. The number of hydrogen-bond donors (Lipinski definition) is 0. The molecule has 1 aliphatic heterocycles. The molecule has 0 saturated carbocycles. The highest BCUT2D eigenvalue weighted by atomic mass is 16.5. The van der Waals surface area contributed by atoms with Crippen LogP contribution in [-0.4, -0.2) is 51.0 Å². The van der Waals surface area contributed by atoms with Gasteiger partial charge in [-0.2, -0.15) is 0 Å². The van der Waals surface area contributed by atoms with Gasteiger partial charge in [0.05, 0.1) is 17.6 Å². The Morgan fingerprint density at radius 2 is 1.90 bits per heavy atom. The van der Waals surface area contributed by atoms with E-state index in [1.54, 1.807) is 12.1 Å². The first-order chi connectivity index (χ1) is 14.7. The highest BCUT2D eigenvalue weighted by Crippen LogP contribution is 2.19. The zero-order valence-electron chi connectivity index (χ0n) is 17.2. The Morgan fingerprint density at radius 3 is 2.70 bits per heavy atom. The van der Waals surface area contributed by atoms with E-state index in [1.165, 1.54) is 0 Å². The number of ether oxygens (including phenoxy) is 1. The maximum Gasteiger partial charge on any atom is 0.338 e. The molecular weight excluding hydrogens is 380 g/mol. The summed E-state index contributed by atoms with van der Waals surface area (Å²) in [5.41, 5.74) is 3.24. The third-order valence-electron chi connectivity index (χ3n) is 5.69. The Hall–Kier alpha value is -3.22. The molecule has 1 atom stereocenters. The van der Waals surface area contributed by atoms with Crippen LogP contribution in [-0.2, 0) is 16.1 Å².